The molecule has 2 aliphatic rings. The lowest BCUT2D eigenvalue weighted by Crippen LogP contribution is -2.30. The number of alkyl halides is 3. The predicted octanol–water partition coefficient (Wildman–Crippen LogP) is 3.31. The highest BCUT2D eigenvalue weighted by atomic mass is 35.7. The van der Waals surface area contributed by atoms with Crippen molar-refractivity contribution in [3.05, 3.63) is 52.0 Å². The second kappa shape index (κ2) is 9.34. The molecule has 2 aromatic carbocycles. The van der Waals surface area contributed by atoms with Crippen LogP contribution in [-0.2, 0) is 20.3 Å². The summed E-state index contributed by atoms with van der Waals surface area (Å²) in [7, 11) is 1.67. The molecule has 0 aromatic heterocycles. The molecule has 174 valence electrons. The number of nitrogens with two attached hydrogens (primary N) is 1. The molecule has 7 nitrogen and oxygen atoms in total. The summed E-state index contributed by atoms with van der Waals surface area (Å²) in [5.41, 5.74) is 6.89. The number of benzene rings is 2. The van der Waals surface area contributed by atoms with Crippen molar-refractivity contribution in [1.82, 2.24) is 5.32 Å². The van der Waals surface area contributed by atoms with Crippen molar-refractivity contribution in [3.63, 3.8) is 0 Å². The van der Waals surface area contributed by atoms with Crippen LogP contribution in [0.15, 0.2) is 35.2 Å². The van der Waals surface area contributed by atoms with E-state index in [4.69, 9.17) is 36.6 Å². The molecular weight excluding hydrogens is 496 g/mol. The quantitative estimate of drug-likeness (QED) is 0.597. The van der Waals surface area contributed by atoms with E-state index in [0.29, 0.717) is 16.5 Å². The molecule has 2 aliphatic heterocycles. The standard InChI is InChI=1S/C17H15Cl2NO4S.C2H2F3NO/c18-16-12-5-6-20-8-14(13(12)7-15-17(16)24-9-23-15)10-1-3-11(4-2-10)25(19,21)22;3-2(4,5)1(6)7/h1-4,7,14,20H,5-6,8-9H2;(H2,6,7). The number of rotatable bonds is 2. The molecule has 0 saturated carbocycles. The van der Waals surface area contributed by atoms with E-state index < -0.39 is 21.1 Å². The van der Waals surface area contributed by atoms with Crippen molar-refractivity contribution in [3.8, 4) is 11.5 Å². The summed E-state index contributed by atoms with van der Waals surface area (Å²) >= 11 is 6.55. The lowest BCUT2D eigenvalue weighted by Gasteiger charge is -2.20. The fraction of sp³-hybridized carbons (Fsp3) is 0.316. The van der Waals surface area contributed by atoms with E-state index >= 15 is 0 Å². The van der Waals surface area contributed by atoms with Crippen LogP contribution in [0.25, 0.3) is 0 Å². The van der Waals surface area contributed by atoms with E-state index in [1.165, 1.54) is 12.1 Å². The molecular formula is C19H17Cl2F3N2O5S. The molecule has 0 saturated heterocycles. The number of hydrogen-bond donors (Lipinski definition) is 2. The Balaban J connectivity index is 0.000000360. The zero-order valence-corrected chi connectivity index (χ0v) is 18.5. The van der Waals surface area contributed by atoms with Crippen molar-refractivity contribution in [2.45, 2.75) is 23.4 Å². The van der Waals surface area contributed by atoms with Crippen molar-refractivity contribution in [2.24, 2.45) is 5.73 Å². The average molecular weight is 513 g/mol. The molecule has 3 N–H and O–H groups in total. The van der Waals surface area contributed by atoms with Crippen molar-refractivity contribution >= 4 is 37.2 Å². The van der Waals surface area contributed by atoms with E-state index in [9.17, 15) is 21.6 Å². The minimum absolute atomic E-state index is 0.0246. The van der Waals surface area contributed by atoms with Gasteiger partial charge in [-0.25, -0.2) is 8.42 Å². The molecule has 2 heterocycles. The first kappa shape index (κ1) is 24.4. The summed E-state index contributed by atoms with van der Waals surface area (Å²) in [6.07, 6.45) is -4.07. The van der Waals surface area contributed by atoms with E-state index in [0.717, 1.165) is 36.2 Å². The van der Waals surface area contributed by atoms with E-state index in [1.807, 2.05) is 6.07 Å². The topological polar surface area (TPSA) is 108 Å². The van der Waals surface area contributed by atoms with Gasteiger partial charge in [0.05, 0.1) is 9.92 Å². The second-order valence-corrected chi connectivity index (χ2v) is 9.81. The Hall–Kier alpha value is -2.21. The van der Waals surface area contributed by atoms with Gasteiger partial charge in [0.2, 0.25) is 6.79 Å². The van der Waals surface area contributed by atoms with Gasteiger partial charge in [-0.1, -0.05) is 23.7 Å². The monoisotopic (exact) mass is 512 g/mol. The van der Waals surface area contributed by atoms with Crippen molar-refractivity contribution in [2.75, 3.05) is 19.9 Å². The predicted molar refractivity (Wildman–Crippen MR) is 111 cm³/mol. The molecule has 1 amide bonds. The van der Waals surface area contributed by atoms with Crippen LogP contribution in [0.4, 0.5) is 13.2 Å². The fourth-order valence-corrected chi connectivity index (χ4v) is 4.48. The van der Waals surface area contributed by atoms with Crippen LogP contribution in [0.5, 0.6) is 11.5 Å². The second-order valence-electron chi connectivity index (χ2n) is 6.87. The normalized spacial score (nSPS) is 17.6. The maximum atomic E-state index is 11.5. The summed E-state index contributed by atoms with van der Waals surface area (Å²) in [6.45, 7) is 1.69. The number of ether oxygens (including phenoxy) is 2. The van der Waals surface area contributed by atoms with Gasteiger partial charge in [0.25, 0.3) is 9.05 Å². The summed E-state index contributed by atoms with van der Waals surface area (Å²) in [5.74, 6) is -0.982. The smallest absolute Gasteiger partial charge is 0.454 e. The number of halogens is 5. The molecule has 13 heteroatoms. The molecule has 0 aliphatic carbocycles. The largest absolute Gasteiger partial charge is 0.470 e. The molecule has 1 unspecified atom stereocenters. The van der Waals surface area contributed by atoms with Crippen LogP contribution in [0.2, 0.25) is 5.02 Å². The summed E-state index contributed by atoms with van der Waals surface area (Å²) in [5, 5.41) is 4.00. The molecule has 1 atom stereocenters. The van der Waals surface area contributed by atoms with Gasteiger partial charge in [0.15, 0.2) is 11.5 Å². The van der Waals surface area contributed by atoms with Gasteiger partial charge in [-0.15, -0.1) is 0 Å². The number of fused-ring (bicyclic) bond motifs is 2. The van der Waals surface area contributed by atoms with Crippen LogP contribution >= 0.6 is 22.3 Å². The first-order valence-electron chi connectivity index (χ1n) is 9.12. The average Bonchev–Trinajstić information content (AvgIpc) is 3.07. The molecule has 0 bridgehead atoms. The third-order valence-electron chi connectivity index (χ3n) is 4.86. The van der Waals surface area contributed by atoms with Crippen LogP contribution in [-0.4, -0.2) is 40.4 Å². The number of hydrogen-bond acceptors (Lipinski definition) is 6. The maximum absolute atomic E-state index is 11.5. The Labute approximate surface area is 191 Å². The third-order valence-corrected chi connectivity index (χ3v) is 6.63. The highest BCUT2D eigenvalue weighted by molar-refractivity contribution is 8.13. The number of primary amides is 1. The molecule has 0 fully saturated rings. The van der Waals surface area contributed by atoms with Gasteiger partial charge in [0, 0.05) is 23.1 Å². The lowest BCUT2D eigenvalue weighted by molar-refractivity contribution is -0.169. The molecule has 4 rings (SSSR count). The van der Waals surface area contributed by atoms with Crippen LogP contribution in [0.1, 0.15) is 22.6 Å². The minimum Gasteiger partial charge on any atom is -0.454 e. The Kier molecular flexibility index (Phi) is 7.13. The number of amides is 1. The van der Waals surface area contributed by atoms with Gasteiger partial charge in [0.1, 0.15) is 0 Å². The third kappa shape index (κ3) is 5.40. The zero-order chi connectivity index (χ0) is 23.7. The minimum atomic E-state index is -4.86. The fourth-order valence-electron chi connectivity index (χ4n) is 3.35. The van der Waals surface area contributed by atoms with Crippen molar-refractivity contribution in [1.29, 1.82) is 0 Å². The number of carbonyl (C=O) groups excluding carboxylic acids is 1. The molecule has 32 heavy (non-hydrogen) atoms. The van der Waals surface area contributed by atoms with E-state index in [-0.39, 0.29) is 17.6 Å². The van der Waals surface area contributed by atoms with Crippen LogP contribution < -0.4 is 20.5 Å². The lowest BCUT2D eigenvalue weighted by atomic mass is 9.87. The van der Waals surface area contributed by atoms with E-state index in [2.05, 4.69) is 11.1 Å². The first-order chi connectivity index (χ1) is 14.9. The SMILES string of the molecule is NC(=O)C(F)(F)F.O=S(=O)(Cl)c1ccc(C2CNCCc3c2cc2c(c3Cl)OCO2)cc1. The number of nitrogens with one attached hydrogen (secondary N) is 1. The van der Waals surface area contributed by atoms with Crippen molar-refractivity contribution < 1.29 is 35.9 Å². The summed E-state index contributed by atoms with van der Waals surface area (Å²) in [6, 6.07) is 8.60. The Morgan fingerprint density at radius 1 is 1.19 bits per heavy atom. The number of carbonyl (C=O) groups is 1. The highest BCUT2D eigenvalue weighted by Gasteiger charge is 2.35. The summed E-state index contributed by atoms with van der Waals surface area (Å²) < 4.78 is 66.0. The Morgan fingerprint density at radius 3 is 2.38 bits per heavy atom. The molecule has 2 aromatic rings. The van der Waals surface area contributed by atoms with Crippen LogP contribution in [0, 0.1) is 0 Å². The van der Waals surface area contributed by atoms with Gasteiger partial charge in [-0.05, 0) is 47.9 Å². The molecule has 0 radical (unpaired) electrons. The van der Waals surface area contributed by atoms with Gasteiger partial charge in [-0.3, -0.25) is 4.79 Å². The molecule has 0 spiro atoms. The first-order valence-corrected chi connectivity index (χ1v) is 11.8. The van der Waals surface area contributed by atoms with E-state index in [1.54, 1.807) is 12.1 Å². The highest BCUT2D eigenvalue weighted by Crippen LogP contribution is 2.46. The van der Waals surface area contributed by atoms with Gasteiger partial charge >= 0.3 is 12.1 Å². The van der Waals surface area contributed by atoms with Gasteiger partial charge < -0.3 is 20.5 Å². The van der Waals surface area contributed by atoms with Crippen LogP contribution in [0.3, 0.4) is 0 Å². The zero-order valence-electron chi connectivity index (χ0n) is 16.2. The Morgan fingerprint density at radius 2 is 1.81 bits per heavy atom. The van der Waals surface area contributed by atoms with Gasteiger partial charge in [-0.2, -0.15) is 13.2 Å². The Bertz CT molecular complexity index is 1130. The summed E-state index contributed by atoms with van der Waals surface area (Å²) in [4.78, 5) is 9.20. The maximum Gasteiger partial charge on any atom is 0.470 e.